The molecule has 1 unspecified atom stereocenters. The van der Waals surface area contributed by atoms with Gasteiger partial charge in [-0.05, 0) is 12.5 Å². The van der Waals surface area contributed by atoms with Crippen molar-refractivity contribution in [3.05, 3.63) is 54.6 Å². The van der Waals surface area contributed by atoms with Gasteiger partial charge in [0.15, 0.2) is 5.82 Å². The van der Waals surface area contributed by atoms with E-state index in [2.05, 4.69) is 21.7 Å². The summed E-state index contributed by atoms with van der Waals surface area (Å²) >= 11 is 0. The van der Waals surface area contributed by atoms with Crippen LogP contribution in [-0.4, -0.2) is 21.0 Å². The van der Waals surface area contributed by atoms with E-state index < -0.39 is 0 Å². The van der Waals surface area contributed by atoms with Crippen LogP contribution in [0.5, 0.6) is 0 Å². The van der Waals surface area contributed by atoms with Gasteiger partial charge in [0, 0.05) is 11.8 Å². The molecule has 84 valence electrons. The molecule has 1 atom stereocenters. The van der Waals surface area contributed by atoms with E-state index in [1.165, 1.54) is 0 Å². The maximum atomic E-state index is 4.55. The summed E-state index contributed by atoms with van der Waals surface area (Å²) in [5.41, 5.74) is 2.08. The fourth-order valence-corrected chi connectivity index (χ4v) is 2.01. The van der Waals surface area contributed by atoms with E-state index in [0.717, 1.165) is 23.5 Å². The van der Waals surface area contributed by atoms with E-state index >= 15 is 0 Å². The Kier molecular flexibility index (Phi) is 2.33. The van der Waals surface area contributed by atoms with Crippen molar-refractivity contribution in [2.24, 2.45) is 4.99 Å². The van der Waals surface area contributed by atoms with Crippen molar-refractivity contribution in [3.8, 4) is 5.69 Å². The predicted molar refractivity (Wildman–Crippen MR) is 66.5 cm³/mol. The van der Waals surface area contributed by atoms with E-state index in [9.17, 15) is 0 Å². The highest BCUT2D eigenvalue weighted by Gasteiger charge is 2.20. The molecule has 4 heteroatoms. The first-order chi connectivity index (χ1) is 8.40. The van der Waals surface area contributed by atoms with Gasteiger partial charge in [0.1, 0.15) is 12.4 Å². The molecule has 0 spiro atoms. The minimum atomic E-state index is 0.00222. The van der Waals surface area contributed by atoms with Crippen LogP contribution in [0, 0.1) is 0 Å². The molecular weight excluding hydrogens is 212 g/mol. The van der Waals surface area contributed by atoms with Crippen molar-refractivity contribution in [1.29, 1.82) is 0 Å². The van der Waals surface area contributed by atoms with E-state index in [-0.39, 0.29) is 6.04 Å². The highest BCUT2D eigenvalue weighted by Crippen LogP contribution is 2.26. The highest BCUT2D eigenvalue weighted by molar-refractivity contribution is 5.85. The quantitative estimate of drug-likeness (QED) is 0.735. The summed E-state index contributed by atoms with van der Waals surface area (Å²) in [6.45, 7) is 3.76. The van der Waals surface area contributed by atoms with Gasteiger partial charge < -0.3 is 0 Å². The lowest BCUT2D eigenvalue weighted by molar-refractivity contribution is 0.657. The van der Waals surface area contributed by atoms with E-state index in [0.29, 0.717) is 0 Å². The molecule has 1 aromatic carbocycles. The molecule has 0 N–H and O–H groups in total. The number of aliphatic imine (C=N–C) groups is 1. The summed E-state index contributed by atoms with van der Waals surface area (Å²) in [5, 5.41) is 4.28. The molecule has 3 rings (SSSR count). The third-order valence-electron chi connectivity index (χ3n) is 2.82. The first kappa shape index (κ1) is 9.96. The average molecular weight is 224 g/mol. The van der Waals surface area contributed by atoms with Gasteiger partial charge in [-0.1, -0.05) is 24.3 Å². The Balaban J connectivity index is 2.21. The van der Waals surface area contributed by atoms with Crippen LogP contribution in [0.15, 0.2) is 48.2 Å². The highest BCUT2D eigenvalue weighted by atomic mass is 15.3. The molecule has 0 radical (unpaired) electrons. The molecule has 0 saturated heterocycles. The van der Waals surface area contributed by atoms with Crippen molar-refractivity contribution < 1.29 is 0 Å². The molecule has 0 aliphatic carbocycles. The van der Waals surface area contributed by atoms with Crippen LogP contribution < -0.4 is 0 Å². The zero-order valence-electron chi connectivity index (χ0n) is 9.32. The predicted octanol–water partition coefficient (Wildman–Crippen LogP) is 2.32. The largest absolute Gasteiger partial charge is 0.281 e. The van der Waals surface area contributed by atoms with Crippen LogP contribution in [0.4, 0.5) is 0 Å². The Labute approximate surface area is 99.3 Å². The van der Waals surface area contributed by atoms with Gasteiger partial charge in [-0.15, -0.1) is 6.58 Å². The second-order valence-electron chi connectivity index (χ2n) is 3.91. The topological polar surface area (TPSA) is 43.1 Å². The Morgan fingerprint density at radius 2 is 2.24 bits per heavy atom. The molecule has 4 nitrogen and oxygen atoms in total. The van der Waals surface area contributed by atoms with Crippen LogP contribution in [-0.2, 0) is 0 Å². The fourth-order valence-electron chi connectivity index (χ4n) is 2.01. The van der Waals surface area contributed by atoms with Gasteiger partial charge in [-0.2, -0.15) is 5.10 Å². The second kappa shape index (κ2) is 3.97. The van der Waals surface area contributed by atoms with Gasteiger partial charge in [0.25, 0.3) is 0 Å². The summed E-state index contributed by atoms with van der Waals surface area (Å²) in [4.78, 5) is 8.85. The molecular formula is C13H12N4. The SMILES string of the molecule is C=CCC1N=Cc2ccccc2-n2ncnc21. The van der Waals surface area contributed by atoms with Crippen molar-refractivity contribution >= 4 is 6.21 Å². The Morgan fingerprint density at radius 3 is 3.12 bits per heavy atom. The molecule has 0 amide bonds. The minimum absolute atomic E-state index is 0.00222. The van der Waals surface area contributed by atoms with Gasteiger partial charge in [-0.25, -0.2) is 9.67 Å². The maximum Gasteiger partial charge on any atom is 0.157 e. The number of benzene rings is 1. The lowest BCUT2D eigenvalue weighted by Crippen LogP contribution is -2.06. The first-order valence-electron chi connectivity index (χ1n) is 5.53. The third-order valence-corrected chi connectivity index (χ3v) is 2.82. The Hall–Kier alpha value is -2.23. The number of hydrogen-bond acceptors (Lipinski definition) is 3. The molecule has 2 aromatic rings. The molecule has 1 aromatic heterocycles. The molecule has 2 heterocycles. The standard InChI is InChI=1S/C13H12N4/c1-2-5-11-13-15-9-16-17(13)12-7-4-3-6-10(12)8-14-11/h2-4,6-9,11H,1,5H2. The van der Waals surface area contributed by atoms with Crippen LogP contribution in [0.1, 0.15) is 23.9 Å². The number of para-hydroxylation sites is 1. The minimum Gasteiger partial charge on any atom is -0.281 e. The van der Waals surface area contributed by atoms with Crippen LogP contribution in [0.2, 0.25) is 0 Å². The van der Waals surface area contributed by atoms with Gasteiger partial charge in [-0.3, -0.25) is 4.99 Å². The second-order valence-corrected chi connectivity index (χ2v) is 3.91. The molecule has 0 bridgehead atoms. The number of hydrogen-bond donors (Lipinski definition) is 0. The number of rotatable bonds is 2. The smallest absolute Gasteiger partial charge is 0.157 e. The van der Waals surface area contributed by atoms with Crippen LogP contribution >= 0.6 is 0 Å². The molecule has 1 aliphatic heterocycles. The normalized spacial score (nSPS) is 17.1. The lowest BCUT2D eigenvalue weighted by atomic mass is 10.2. The zero-order valence-corrected chi connectivity index (χ0v) is 9.32. The first-order valence-corrected chi connectivity index (χ1v) is 5.53. The third kappa shape index (κ3) is 1.58. The van der Waals surface area contributed by atoms with Crippen molar-refractivity contribution in [3.63, 3.8) is 0 Å². The van der Waals surface area contributed by atoms with Gasteiger partial charge in [0.2, 0.25) is 0 Å². The molecule has 0 fully saturated rings. The average Bonchev–Trinajstić information content (AvgIpc) is 2.79. The summed E-state index contributed by atoms with van der Waals surface area (Å²) < 4.78 is 1.86. The Bertz CT molecular complexity index is 583. The van der Waals surface area contributed by atoms with Crippen LogP contribution in [0.3, 0.4) is 0 Å². The lowest BCUT2D eigenvalue weighted by Gasteiger charge is -2.08. The summed E-state index contributed by atoms with van der Waals surface area (Å²) in [6.07, 6.45) is 6.09. The van der Waals surface area contributed by atoms with E-state index in [1.54, 1.807) is 6.33 Å². The fraction of sp³-hybridized carbons (Fsp3) is 0.154. The molecule has 1 aliphatic rings. The molecule has 17 heavy (non-hydrogen) atoms. The number of aromatic nitrogens is 3. The van der Waals surface area contributed by atoms with Crippen molar-refractivity contribution in [2.45, 2.75) is 12.5 Å². The monoisotopic (exact) mass is 224 g/mol. The summed E-state index contributed by atoms with van der Waals surface area (Å²) in [7, 11) is 0. The van der Waals surface area contributed by atoms with Gasteiger partial charge >= 0.3 is 0 Å². The maximum absolute atomic E-state index is 4.55. The number of nitrogens with zero attached hydrogens (tertiary/aromatic N) is 4. The summed E-state index contributed by atoms with van der Waals surface area (Å²) in [6, 6.07) is 8.04. The number of fused-ring (bicyclic) bond motifs is 3. The zero-order chi connectivity index (χ0) is 11.7. The van der Waals surface area contributed by atoms with Crippen LogP contribution in [0.25, 0.3) is 5.69 Å². The van der Waals surface area contributed by atoms with E-state index in [4.69, 9.17) is 0 Å². The van der Waals surface area contributed by atoms with Crippen molar-refractivity contribution in [2.75, 3.05) is 0 Å². The van der Waals surface area contributed by atoms with Gasteiger partial charge in [0.05, 0.1) is 5.69 Å². The Morgan fingerprint density at radius 1 is 1.35 bits per heavy atom. The molecule has 0 saturated carbocycles. The summed E-state index contributed by atoms with van der Waals surface area (Å²) in [5.74, 6) is 0.867. The van der Waals surface area contributed by atoms with Crippen molar-refractivity contribution in [1.82, 2.24) is 14.8 Å². The van der Waals surface area contributed by atoms with E-state index in [1.807, 2.05) is 41.2 Å².